The van der Waals surface area contributed by atoms with E-state index in [0.29, 0.717) is 6.04 Å². The van der Waals surface area contributed by atoms with Gasteiger partial charge in [-0.3, -0.25) is 4.90 Å². The van der Waals surface area contributed by atoms with Crippen LogP contribution in [0.4, 0.5) is 0 Å². The molecule has 1 N–H and O–H groups in total. The normalized spacial score (nSPS) is 19.1. The molecule has 1 unspecified atom stereocenters. The second-order valence-corrected chi connectivity index (χ2v) is 5.70. The van der Waals surface area contributed by atoms with E-state index in [2.05, 4.69) is 39.6 Å². The van der Waals surface area contributed by atoms with E-state index < -0.39 is 0 Å². The van der Waals surface area contributed by atoms with Crippen molar-refractivity contribution in [3.05, 3.63) is 5.82 Å². The molecule has 6 heteroatoms. The summed E-state index contributed by atoms with van der Waals surface area (Å²) in [5.41, 5.74) is 0. The monoisotopic (exact) mass is 280 g/mol. The quantitative estimate of drug-likeness (QED) is 0.741. The molecule has 2 heterocycles. The molecular weight excluding hydrogens is 252 g/mol. The van der Waals surface area contributed by atoms with Crippen molar-refractivity contribution in [3.63, 3.8) is 0 Å². The summed E-state index contributed by atoms with van der Waals surface area (Å²) in [6.45, 7) is 9.60. The van der Waals surface area contributed by atoms with Crippen LogP contribution in [0.3, 0.4) is 0 Å². The summed E-state index contributed by atoms with van der Waals surface area (Å²) in [6, 6.07) is 0.640. The number of rotatable bonds is 9. The molecule has 0 bridgehead atoms. The molecule has 1 saturated heterocycles. The molecule has 0 aliphatic carbocycles. The van der Waals surface area contributed by atoms with Gasteiger partial charge in [-0.05, 0) is 49.2 Å². The summed E-state index contributed by atoms with van der Waals surface area (Å²) in [6.07, 6.45) is 6.07. The first-order valence-electron chi connectivity index (χ1n) is 8.04. The summed E-state index contributed by atoms with van der Waals surface area (Å²) >= 11 is 0. The minimum absolute atomic E-state index is 0.640. The topological polar surface area (TPSA) is 58.9 Å². The van der Waals surface area contributed by atoms with Gasteiger partial charge in [0.2, 0.25) is 0 Å². The molecule has 20 heavy (non-hydrogen) atoms. The number of aryl methyl sites for hydroxylation is 1. The van der Waals surface area contributed by atoms with Gasteiger partial charge in [0, 0.05) is 19.1 Å². The zero-order chi connectivity index (χ0) is 14.2. The number of unbranched alkanes of at least 4 members (excludes halogenated alkanes) is 1. The number of hydrogen-bond acceptors (Lipinski definition) is 5. The third kappa shape index (κ3) is 4.52. The fraction of sp³-hybridized carbons (Fsp3) is 0.929. The van der Waals surface area contributed by atoms with Gasteiger partial charge in [0.05, 0.1) is 6.54 Å². The van der Waals surface area contributed by atoms with Crippen LogP contribution in [0.2, 0.25) is 0 Å². The first kappa shape index (κ1) is 15.4. The minimum atomic E-state index is 0.640. The van der Waals surface area contributed by atoms with E-state index in [0.717, 1.165) is 38.4 Å². The average molecular weight is 280 g/mol. The van der Waals surface area contributed by atoms with Crippen LogP contribution in [0.15, 0.2) is 0 Å². The lowest BCUT2D eigenvalue weighted by Crippen LogP contribution is -2.38. The van der Waals surface area contributed by atoms with Gasteiger partial charge in [-0.2, -0.15) is 0 Å². The lowest BCUT2D eigenvalue weighted by atomic mass is 10.2. The van der Waals surface area contributed by atoms with Gasteiger partial charge in [0.25, 0.3) is 0 Å². The summed E-state index contributed by atoms with van der Waals surface area (Å²) in [7, 11) is 0. The SMILES string of the molecule is CCCCn1nnnc1CN(CCC)CC1CCCN1. The number of aromatic nitrogens is 4. The first-order chi connectivity index (χ1) is 9.83. The Kier molecular flexibility index (Phi) is 6.39. The fourth-order valence-corrected chi connectivity index (χ4v) is 2.79. The Labute approximate surface area is 121 Å². The maximum atomic E-state index is 4.21. The number of nitrogens with zero attached hydrogens (tertiary/aromatic N) is 5. The average Bonchev–Trinajstić information content (AvgIpc) is 3.08. The Morgan fingerprint density at radius 3 is 2.95 bits per heavy atom. The summed E-state index contributed by atoms with van der Waals surface area (Å²) in [4.78, 5) is 2.48. The molecule has 0 radical (unpaired) electrons. The Hall–Kier alpha value is -1.01. The van der Waals surface area contributed by atoms with E-state index in [1.807, 2.05) is 4.68 Å². The first-order valence-corrected chi connectivity index (χ1v) is 8.04. The van der Waals surface area contributed by atoms with Gasteiger partial charge in [-0.25, -0.2) is 4.68 Å². The fourth-order valence-electron chi connectivity index (χ4n) is 2.79. The predicted molar refractivity (Wildman–Crippen MR) is 79.3 cm³/mol. The third-order valence-corrected chi connectivity index (χ3v) is 3.88. The number of nitrogens with one attached hydrogen (secondary N) is 1. The van der Waals surface area contributed by atoms with Crippen LogP contribution in [0, 0.1) is 0 Å². The largest absolute Gasteiger partial charge is 0.313 e. The lowest BCUT2D eigenvalue weighted by molar-refractivity contribution is 0.231. The highest BCUT2D eigenvalue weighted by Crippen LogP contribution is 2.10. The Morgan fingerprint density at radius 2 is 2.25 bits per heavy atom. The third-order valence-electron chi connectivity index (χ3n) is 3.88. The molecule has 1 fully saturated rings. The molecule has 2 rings (SSSR count). The molecule has 1 aliphatic rings. The Bertz CT molecular complexity index is 371. The van der Waals surface area contributed by atoms with E-state index in [-0.39, 0.29) is 0 Å². The molecule has 1 aromatic rings. The van der Waals surface area contributed by atoms with Gasteiger partial charge >= 0.3 is 0 Å². The standard InChI is InChI=1S/C14H28N6/c1-3-5-10-20-14(16-17-18-20)12-19(9-4-2)11-13-7-6-8-15-13/h13,15H,3-12H2,1-2H3. The summed E-state index contributed by atoms with van der Waals surface area (Å²) in [5, 5.41) is 15.7. The van der Waals surface area contributed by atoms with Gasteiger partial charge in [-0.15, -0.1) is 5.10 Å². The van der Waals surface area contributed by atoms with E-state index >= 15 is 0 Å². The molecular formula is C14H28N6. The number of tetrazole rings is 1. The van der Waals surface area contributed by atoms with Crippen molar-refractivity contribution < 1.29 is 0 Å². The summed E-state index contributed by atoms with van der Waals surface area (Å²) in [5.74, 6) is 1.00. The molecule has 1 atom stereocenters. The van der Waals surface area contributed by atoms with Crippen LogP contribution in [-0.4, -0.2) is 50.8 Å². The highest BCUT2D eigenvalue weighted by atomic mass is 15.5. The zero-order valence-corrected chi connectivity index (χ0v) is 12.9. The molecule has 1 aromatic heterocycles. The molecule has 0 amide bonds. The lowest BCUT2D eigenvalue weighted by Gasteiger charge is -2.24. The highest BCUT2D eigenvalue weighted by Gasteiger charge is 2.19. The maximum Gasteiger partial charge on any atom is 0.165 e. The van der Waals surface area contributed by atoms with Crippen molar-refractivity contribution in [1.29, 1.82) is 0 Å². The van der Waals surface area contributed by atoms with Crippen LogP contribution in [0.1, 0.15) is 51.8 Å². The second kappa shape index (κ2) is 8.32. The number of hydrogen-bond donors (Lipinski definition) is 1. The van der Waals surface area contributed by atoms with Crippen molar-refractivity contribution in [2.75, 3.05) is 19.6 Å². The summed E-state index contributed by atoms with van der Waals surface area (Å²) < 4.78 is 1.97. The van der Waals surface area contributed by atoms with Crippen LogP contribution >= 0.6 is 0 Å². The van der Waals surface area contributed by atoms with Gasteiger partial charge in [-0.1, -0.05) is 20.3 Å². The minimum Gasteiger partial charge on any atom is -0.313 e. The molecule has 1 aliphatic heterocycles. The van der Waals surface area contributed by atoms with Crippen molar-refractivity contribution in [3.8, 4) is 0 Å². The smallest absolute Gasteiger partial charge is 0.165 e. The van der Waals surface area contributed by atoms with Gasteiger partial charge in [0.1, 0.15) is 0 Å². The Morgan fingerprint density at radius 1 is 1.35 bits per heavy atom. The second-order valence-electron chi connectivity index (χ2n) is 5.70. The molecule has 114 valence electrons. The maximum absolute atomic E-state index is 4.21. The molecule has 6 nitrogen and oxygen atoms in total. The van der Waals surface area contributed by atoms with Crippen LogP contribution in [0.5, 0.6) is 0 Å². The van der Waals surface area contributed by atoms with Crippen LogP contribution < -0.4 is 5.32 Å². The predicted octanol–water partition coefficient (Wildman–Crippen LogP) is 1.44. The van der Waals surface area contributed by atoms with Crippen molar-refractivity contribution in [1.82, 2.24) is 30.4 Å². The van der Waals surface area contributed by atoms with Crippen molar-refractivity contribution in [2.24, 2.45) is 0 Å². The van der Waals surface area contributed by atoms with Crippen LogP contribution in [0.25, 0.3) is 0 Å². The zero-order valence-electron chi connectivity index (χ0n) is 12.9. The van der Waals surface area contributed by atoms with E-state index in [4.69, 9.17) is 0 Å². The molecule has 0 spiro atoms. The van der Waals surface area contributed by atoms with Gasteiger partial charge < -0.3 is 5.32 Å². The van der Waals surface area contributed by atoms with Crippen molar-refractivity contribution in [2.45, 2.75) is 65.1 Å². The van der Waals surface area contributed by atoms with Gasteiger partial charge in [0.15, 0.2) is 5.82 Å². The van der Waals surface area contributed by atoms with E-state index in [1.54, 1.807) is 0 Å². The van der Waals surface area contributed by atoms with E-state index in [1.165, 1.54) is 32.2 Å². The van der Waals surface area contributed by atoms with Crippen molar-refractivity contribution >= 4 is 0 Å². The van der Waals surface area contributed by atoms with Crippen LogP contribution in [-0.2, 0) is 13.1 Å². The molecule has 0 aromatic carbocycles. The highest BCUT2D eigenvalue weighted by molar-refractivity contribution is 4.84. The Balaban J connectivity index is 1.90. The molecule has 0 saturated carbocycles. The van der Waals surface area contributed by atoms with E-state index in [9.17, 15) is 0 Å².